The normalized spacial score (nSPS) is 12.4. The van der Waals surface area contributed by atoms with Crippen molar-refractivity contribution in [3.63, 3.8) is 0 Å². The van der Waals surface area contributed by atoms with Crippen LogP contribution in [0, 0.1) is 0 Å². The van der Waals surface area contributed by atoms with Crippen LogP contribution in [-0.4, -0.2) is 33.8 Å². The molecule has 2 rings (SSSR count). The van der Waals surface area contributed by atoms with Gasteiger partial charge in [0.05, 0.1) is 12.7 Å². The monoisotopic (exact) mass is 374 g/mol. The third-order valence-electron chi connectivity index (χ3n) is 3.25. The number of thiazole rings is 1. The fourth-order valence-corrected chi connectivity index (χ4v) is 2.83. The first kappa shape index (κ1) is 19.2. The standard InChI is InChI=1S/C15H21F3N6S/c1-3-19-14(20-6-4-5-11-7-22-24(2)9-11)21-8-13-23-12(10-25-13)15(16,17)18/h7,9-10H,3-6,8H2,1-2H3,(H2,19,20,21). The number of guanidine groups is 1. The molecule has 2 N–H and O–H groups in total. The van der Waals surface area contributed by atoms with Crippen LogP contribution in [-0.2, 0) is 26.2 Å². The van der Waals surface area contributed by atoms with E-state index in [2.05, 4.69) is 25.7 Å². The maximum atomic E-state index is 12.5. The van der Waals surface area contributed by atoms with Gasteiger partial charge in [-0.1, -0.05) is 0 Å². The van der Waals surface area contributed by atoms with Crippen molar-refractivity contribution in [3.05, 3.63) is 34.0 Å². The predicted molar refractivity (Wildman–Crippen MR) is 91.5 cm³/mol. The Hall–Kier alpha value is -2.10. The third-order valence-corrected chi connectivity index (χ3v) is 4.09. The van der Waals surface area contributed by atoms with Crippen molar-refractivity contribution < 1.29 is 13.2 Å². The van der Waals surface area contributed by atoms with E-state index >= 15 is 0 Å². The first-order valence-electron chi connectivity index (χ1n) is 7.89. The minimum absolute atomic E-state index is 0.110. The molecule has 0 amide bonds. The van der Waals surface area contributed by atoms with Crippen molar-refractivity contribution in [2.24, 2.45) is 12.0 Å². The van der Waals surface area contributed by atoms with Crippen LogP contribution in [0.2, 0.25) is 0 Å². The Morgan fingerprint density at radius 2 is 2.16 bits per heavy atom. The third kappa shape index (κ3) is 6.37. The van der Waals surface area contributed by atoms with E-state index in [-0.39, 0.29) is 6.54 Å². The van der Waals surface area contributed by atoms with Gasteiger partial charge in [0, 0.05) is 31.7 Å². The summed E-state index contributed by atoms with van der Waals surface area (Å²) in [4.78, 5) is 7.86. The summed E-state index contributed by atoms with van der Waals surface area (Å²) in [5.41, 5.74) is 0.297. The summed E-state index contributed by atoms with van der Waals surface area (Å²) in [7, 11) is 1.88. The van der Waals surface area contributed by atoms with Crippen LogP contribution < -0.4 is 10.6 Å². The second-order valence-electron chi connectivity index (χ2n) is 5.37. The number of alkyl halides is 3. The maximum absolute atomic E-state index is 12.5. The van der Waals surface area contributed by atoms with Crippen molar-refractivity contribution in [2.75, 3.05) is 13.1 Å². The number of aliphatic imine (C=N–C) groups is 1. The zero-order valence-electron chi connectivity index (χ0n) is 14.1. The van der Waals surface area contributed by atoms with Crippen LogP contribution in [0.15, 0.2) is 22.8 Å². The van der Waals surface area contributed by atoms with Gasteiger partial charge in [0.1, 0.15) is 5.01 Å². The van der Waals surface area contributed by atoms with E-state index in [1.807, 2.05) is 26.4 Å². The van der Waals surface area contributed by atoms with Crippen LogP contribution >= 0.6 is 11.3 Å². The number of nitrogens with zero attached hydrogens (tertiary/aromatic N) is 4. The minimum atomic E-state index is -4.41. The molecule has 0 saturated heterocycles. The van der Waals surface area contributed by atoms with Gasteiger partial charge >= 0.3 is 6.18 Å². The Morgan fingerprint density at radius 3 is 2.76 bits per heavy atom. The zero-order chi connectivity index (χ0) is 18.3. The first-order valence-corrected chi connectivity index (χ1v) is 8.77. The lowest BCUT2D eigenvalue weighted by Crippen LogP contribution is -2.37. The van der Waals surface area contributed by atoms with E-state index in [1.54, 1.807) is 4.68 Å². The summed E-state index contributed by atoms with van der Waals surface area (Å²) in [6.07, 6.45) is 1.18. The molecule has 0 aliphatic heterocycles. The van der Waals surface area contributed by atoms with Crippen LogP contribution in [0.5, 0.6) is 0 Å². The van der Waals surface area contributed by atoms with Gasteiger partial charge in [0.25, 0.3) is 0 Å². The van der Waals surface area contributed by atoms with Gasteiger partial charge in [-0.05, 0) is 25.3 Å². The first-order chi connectivity index (χ1) is 11.9. The van der Waals surface area contributed by atoms with Gasteiger partial charge in [-0.2, -0.15) is 18.3 Å². The number of hydrogen-bond acceptors (Lipinski definition) is 4. The molecule has 0 aliphatic rings. The smallest absolute Gasteiger partial charge is 0.357 e. The van der Waals surface area contributed by atoms with Crippen molar-refractivity contribution >= 4 is 17.3 Å². The summed E-state index contributed by atoms with van der Waals surface area (Å²) in [5, 5.41) is 11.7. The molecular weight excluding hydrogens is 353 g/mol. The van der Waals surface area contributed by atoms with Gasteiger partial charge in [0.15, 0.2) is 11.7 Å². The lowest BCUT2D eigenvalue weighted by molar-refractivity contribution is -0.140. The summed E-state index contributed by atoms with van der Waals surface area (Å²) in [5.74, 6) is 0.567. The van der Waals surface area contributed by atoms with Gasteiger partial charge in [-0.25, -0.2) is 9.98 Å². The number of halogens is 3. The average Bonchev–Trinajstić information content (AvgIpc) is 3.17. The Balaban J connectivity index is 1.82. The van der Waals surface area contributed by atoms with Gasteiger partial charge < -0.3 is 10.6 Å². The highest BCUT2D eigenvalue weighted by molar-refractivity contribution is 7.09. The van der Waals surface area contributed by atoms with Gasteiger partial charge in [-0.15, -0.1) is 11.3 Å². The van der Waals surface area contributed by atoms with Crippen LogP contribution in [0.3, 0.4) is 0 Å². The summed E-state index contributed by atoms with van der Waals surface area (Å²) in [6, 6.07) is 0. The molecule has 0 aliphatic carbocycles. The minimum Gasteiger partial charge on any atom is -0.357 e. The second kappa shape index (κ2) is 8.84. The highest BCUT2D eigenvalue weighted by Gasteiger charge is 2.33. The summed E-state index contributed by atoms with van der Waals surface area (Å²) in [6.45, 7) is 3.41. The largest absolute Gasteiger partial charge is 0.434 e. The number of hydrogen-bond donors (Lipinski definition) is 2. The van der Waals surface area contributed by atoms with Crippen LogP contribution in [0.1, 0.15) is 29.6 Å². The van der Waals surface area contributed by atoms with E-state index in [9.17, 15) is 13.2 Å². The molecule has 6 nitrogen and oxygen atoms in total. The Kier molecular flexibility index (Phi) is 6.80. The van der Waals surface area contributed by atoms with Crippen molar-refractivity contribution in [1.29, 1.82) is 0 Å². The highest BCUT2D eigenvalue weighted by atomic mass is 32.1. The number of aromatic nitrogens is 3. The topological polar surface area (TPSA) is 67.1 Å². The van der Waals surface area contributed by atoms with Crippen molar-refractivity contribution in [2.45, 2.75) is 32.5 Å². The predicted octanol–water partition coefficient (Wildman–Crippen LogP) is 2.58. The van der Waals surface area contributed by atoms with E-state index in [1.165, 1.54) is 0 Å². The number of nitrogens with one attached hydrogen (secondary N) is 2. The maximum Gasteiger partial charge on any atom is 0.434 e. The Labute approximate surface area is 148 Å². The molecule has 0 bridgehead atoms. The molecular formula is C15H21F3N6S. The Morgan fingerprint density at radius 1 is 1.36 bits per heavy atom. The highest BCUT2D eigenvalue weighted by Crippen LogP contribution is 2.30. The van der Waals surface area contributed by atoms with Gasteiger partial charge in [0.2, 0.25) is 0 Å². The van der Waals surface area contributed by atoms with Crippen LogP contribution in [0.4, 0.5) is 13.2 Å². The fourth-order valence-electron chi connectivity index (χ4n) is 2.10. The van der Waals surface area contributed by atoms with Gasteiger partial charge in [-0.3, -0.25) is 4.68 Å². The molecule has 0 unspecified atom stereocenters. The molecule has 0 spiro atoms. The van der Waals surface area contributed by atoms with Crippen molar-refractivity contribution in [3.8, 4) is 0 Å². The molecule has 0 aromatic carbocycles. The van der Waals surface area contributed by atoms with Crippen LogP contribution in [0.25, 0.3) is 0 Å². The molecule has 2 aromatic rings. The molecule has 0 radical (unpaired) electrons. The van der Waals surface area contributed by atoms with E-state index < -0.39 is 11.9 Å². The molecule has 0 fully saturated rings. The van der Waals surface area contributed by atoms with E-state index in [0.29, 0.717) is 24.1 Å². The second-order valence-corrected chi connectivity index (χ2v) is 6.31. The quantitative estimate of drug-likeness (QED) is 0.444. The molecule has 0 saturated carbocycles. The van der Waals surface area contributed by atoms with E-state index in [0.717, 1.165) is 35.1 Å². The Bertz CT molecular complexity index is 691. The fraction of sp³-hybridized carbons (Fsp3) is 0.533. The average molecular weight is 374 g/mol. The molecule has 2 heterocycles. The SMILES string of the molecule is CCNC(=NCc1nc(C(F)(F)F)cs1)NCCCc1cnn(C)c1. The number of aryl methyl sites for hydroxylation is 2. The summed E-state index contributed by atoms with van der Waals surface area (Å²) >= 11 is 0.961. The zero-order valence-corrected chi connectivity index (χ0v) is 14.9. The van der Waals surface area contributed by atoms with E-state index in [4.69, 9.17) is 0 Å². The lowest BCUT2D eigenvalue weighted by Gasteiger charge is -2.10. The lowest BCUT2D eigenvalue weighted by atomic mass is 10.2. The molecule has 138 valence electrons. The summed E-state index contributed by atoms with van der Waals surface area (Å²) < 4.78 is 39.4. The molecule has 0 atom stereocenters. The number of rotatable bonds is 7. The molecule has 10 heteroatoms. The van der Waals surface area contributed by atoms with Crippen molar-refractivity contribution in [1.82, 2.24) is 25.4 Å². The molecule has 2 aromatic heterocycles. The molecule has 25 heavy (non-hydrogen) atoms.